The Morgan fingerprint density at radius 2 is 1.81 bits per heavy atom. The zero-order chi connectivity index (χ0) is 32.7. The summed E-state index contributed by atoms with van der Waals surface area (Å²) in [4.78, 5) is 59.0. The number of hydrogen-bond donors (Lipinski definition) is 4. The number of imidazole rings is 3. The van der Waals surface area contributed by atoms with E-state index in [-0.39, 0.29) is 53.9 Å². The van der Waals surface area contributed by atoms with Gasteiger partial charge in [0.15, 0.2) is 29.4 Å². The van der Waals surface area contributed by atoms with E-state index in [1.807, 2.05) is 4.57 Å². The van der Waals surface area contributed by atoms with E-state index < -0.39 is 56.3 Å². The van der Waals surface area contributed by atoms with E-state index in [1.54, 1.807) is 6.33 Å². The topological polar surface area (TPSA) is 224 Å². The van der Waals surface area contributed by atoms with Crippen molar-refractivity contribution in [2.24, 2.45) is 11.8 Å². The second-order valence-corrected chi connectivity index (χ2v) is 17.8. The summed E-state index contributed by atoms with van der Waals surface area (Å²) >= 11 is 10.7. The molecule has 0 radical (unpaired) electrons. The van der Waals surface area contributed by atoms with Crippen molar-refractivity contribution in [3.63, 3.8) is 0 Å². The molecular formula is C24H27FN10O8P2S2. The smallest absolute Gasteiger partial charge is 0.324 e. The molecule has 23 heteroatoms. The Kier molecular flexibility index (Phi) is 7.81. The number of hydrogen-bond acceptors (Lipinski definition) is 14. The molecule has 7 heterocycles. The maximum Gasteiger partial charge on any atom is 0.324 e. The Morgan fingerprint density at radius 3 is 2.66 bits per heavy atom. The van der Waals surface area contributed by atoms with Crippen molar-refractivity contribution in [3.8, 4) is 0 Å². The lowest BCUT2D eigenvalue weighted by Gasteiger charge is -2.45. The number of halogens is 1. The number of aromatic amines is 1. The maximum atomic E-state index is 16.0. The number of nitrogen functional groups attached to an aromatic ring is 1. The van der Waals surface area contributed by atoms with Crippen LogP contribution in [0.15, 0.2) is 36.2 Å². The van der Waals surface area contributed by atoms with Crippen LogP contribution in [0.25, 0.3) is 28.1 Å². The Bertz CT molecular complexity index is 2160. The lowest BCUT2D eigenvalue weighted by Crippen LogP contribution is -2.43. The Morgan fingerprint density at radius 1 is 1.02 bits per heavy atom. The van der Waals surface area contributed by atoms with Crippen molar-refractivity contribution in [1.29, 1.82) is 0 Å². The molecule has 0 spiro atoms. The summed E-state index contributed by atoms with van der Waals surface area (Å²) in [5.41, 5.74) is 6.75. The molecule has 2 unspecified atom stereocenters. The highest BCUT2D eigenvalue weighted by molar-refractivity contribution is 8.09. The van der Waals surface area contributed by atoms with Crippen molar-refractivity contribution in [2.45, 2.75) is 37.1 Å². The van der Waals surface area contributed by atoms with Crippen LogP contribution >= 0.6 is 13.2 Å². The van der Waals surface area contributed by atoms with Crippen LogP contribution in [0.5, 0.6) is 0 Å². The fourth-order valence-electron chi connectivity index (χ4n) is 6.31. The van der Waals surface area contributed by atoms with Crippen molar-refractivity contribution >= 4 is 70.7 Å². The van der Waals surface area contributed by atoms with Crippen LogP contribution in [0, 0.1) is 11.8 Å². The molecule has 9 atom stereocenters. The minimum absolute atomic E-state index is 0.0283. The summed E-state index contributed by atoms with van der Waals surface area (Å²) < 4.78 is 49.7. The first-order chi connectivity index (χ1) is 22.5. The van der Waals surface area contributed by atoms with E-state index >= 15 is 4.39 Å². The van der Waals surface area contributed by atoms with Gasteiger partial charge in [-0.05, 0) is 36.0 Å². The van der Waals surface area contributed by atoms with Crippen LogP contribution in [0.1, 0.15) is 18.7 Å². The largest absolute Gasteiger partial charge is 0.382 e. The first-order valence-corrected chi connectivity index (χ1v) is 19.8. The molecular weight excluding hydrogens is 701 g/mol. The van der Waals surface area contributed by atoms with Gasteiger partial charge >= 0.3 is 6.72 Å². The lowest BCUT2D eigenvalue weighted by atomic mass is 9.70. The number of ether oxygens (including phenoxy) is 2. The molecule has 3 aliphatic rings. The molecule has 47 heavy (non-hydrogen) atoms. The molecule has 8 rings (SSSR count). The first kappa shape index (κ1) is 31.5. The fourth-order valence-corrected chi connectivity index (χ4v) is 8.67. The van der Waals surface area contributed by atoms with Gasteiger partial charge in [0, 0.05) is 24.4 Å². The number of nitrogens with one attached hydrogen (secondary N) is 1. The summed E-state index contributed by atoms with van der Waals surface area (Å²) in [6.07, 6.45) is 1.56. The Balaban J connectivity index is 1.07. The van der Waals surface area contributed by atoms with Gasteiger partial charge in [0.1, 0.15) is 36.0 Å². The molecule has 0 aromatic carbocycles. The molecule has 0 amide bonds. The van der Waals surface area contributed by atoms with Gasteiger partial charge < -0.3 is 48.1 Å². The molecule has 5 aromatic rings. The Labute approximate surface area is 273 Å². The van der Waals surface area contributed by atoms with Crippen molar-refractivity contribution < 1.29 is 37.2 Å². The average Bonchev–Trinajstić information content (AvgIpc) is 3.81. The zero-order valence-corrected chi connectivity index (χ0v) is 27.5. The average molecular weight is 729 g/mol. The van der Waals surface area contributed by atoms with E-state index in [0.717, 1.165) is 0 Å². The van der Waals surface area contributed by atoms with Crippen LogP contribution in [0.4, 0.5) is 10.2 Å². The van der Waals surface area contributed by atoms with Crippen molar-refractivity contribution in [3.05, 3.63) is 41.7 Å². The first-order valence-electron chi connectivity index (χ1n) is 14.3. The van der Waals surface area contributed by atoms with Gasteiger partial charge in [0.2, 0.25) is 12.3 Å². The number of aromatic nitrogens is 9. The fraction of sp³-hybridized carbons (Fsp3) is 0.500. The zero-order valence-electron chi connectivity index (χ0n) is 24.1. The van der Waals surface area contributed by atoms with Crippen molar-refractivity contribution in [1.82, 2.24) is 43.4 Å². The summed E-state index contributed by atoms with van der Waals surface area (Å²) in [7, 11) is 0. The predicted octanol–water partition coefficient (Wildman–Crippen LogP) is 1.13. The molecule has 1 aliphatic carbocycles. The van der Waals surface area contributed by atoms with Gasteiger partial charge in [0.05, 0.1) is 32.5 Å². The van der Waals surface area contributed by atoms with E-state index in [0.29, 0.717) is 17.6 Å². The molecule has 18 nitrogen and oxygen atoms in total. The van der Waals surface area contributed by atoms with Crippen LogP contribution in [-0.2, 0) is 46.7 Å². The number of H-pyrrole nitrogens is 1. The number of nitrogens with two attached hydrogens (primary N) is 1. The van der Waals surface area contributed by atoms with Gasteiger partial charge in [-0.15, -0.1) is 0 Å². The Hall–Kier alpha value is -2.81. The van der Waals surface area contributed by atoms with E-state index in [1.165, 1.54) is 34.0 Å². The van der Waals surface area contributed by atoms with Gasteiger partial charge in [-0.25, -0.2) is 33.7 Å². The number of rotatable bonds is 2. The summed E-state index contributed by atoms with van der Waals surface area (Å²) in [6, 6.07) is -0.198. The van der Waals surface area contributed by atoms with Gasteiger partial charge in [-0.1, -0.05) is 0 Å². The van der Waals surface area contributed by atoms with Crippen LogP contribution in [0.2, 0.25) is 0 Å². The van der Waals surface area contributed by atoms with Gasteiger partial charge in [0.25, 0.3) is 5.56 Å². The standard InChI is InChI=1S/C24H27FN10O8P2S2/c25-15-14-6-42-45(38,47)41-5-12-11(3-13(12)34-8-30-16-19(26)28-7-29-20(16)34)4-40-44(37,46)10-39-18(15)23(43-14)35-9-31-17-21(35)32-24-27-1-2-33(24)22(17)36/h1-2,7-9,11-15,18,23H,3-6,10H2,(H,27,32)(H,37,46)(H,38,47)(H2,26,28,29)/t11-,12-,13-,14-,15-,18-,23-,44?,45?/m1/s1. The molecule has 1 saturated carbocycles. The highest BCUT2D eigenvalue weighted by atomic mass is 32.5. The number of nitrogens with zero attached hydrogens (tertiary/aromatic N) is 8. The van der Waals surface area contributed by atoms with Gasteiger partial charge in [-0.3, -0.25) is 9.36 Å². The second-order valence-electron chi connectivity index (χ2n) is 11.5. The highest BCUT2D eigenvalue weighted by Crippen LogP contribution is 2.53. The molecule has 2 aliphatic heterocycles. The molecule has 250 valence electrons. The minimum Gasteiger partial charge on any atom is -0.382 e. The number of fused-ring (bicyclic) bond motifs is 6. The van der Waals surface area contributed by atoms with E-state index in [9.17, 15) is 14.6 Å². The summed E-state index contributed by atoms with van der Waals surface area (Å²) in [5.74, 6) is 0.00735. The van der Waals surface area contributed by atoms with Crippen LogP contribution in [0.3, 0.4) is 0 Å². The second kappa shape index (κ2) is 11.7. The molecule has 2 saturated heterocycles. The van der Waals surface area contributed by atoms with E-state index in [4.69, 9.17) is 52.4 Å². The number of anilines is 1. The number of alkyl halides is 1. The lowest BCUT2D eigenvalue weighted by molar-refractivity contribution is -0.0640. The van der Waals surface area contributed by atoms with Crippen LogP contribution in [-0.4, -0.2) is 97.8 Å². The third-order valence-electron chi connectivity index (χ3n) is 8.77. The van der Waals surface area contributed by atoms with E-state index in [2.05, 4.69) is 29.9 Å². The molecule has 2 bridgehead atoms. The SMILES string of the molecule is Nc1ncnc2c1ncn2[C@@H]1C[C@@H]2COP(O)(=S)CO[C@@H]3[C@H](F)[C@@H](COP(O)(=S)OC[C@H]21)O[C@H]3n1cnc2c(=O)n3ccnc3[nH]c21. The third-order valence-corrected chi connectivity index (χ3v) is 12.0. The molecule has 5 N–H and O–H groups in total. The molecule has 5 aromatic heterocycles. The minimum atomic E-state index is -3.90. The predicted molar refractivity (Wildman–Crippen MR) is 169 cm³/mol. The summed E-state index contributed by atoms with van der Waals surface area (Å²) in [5, 5.41) is 0. The highest BCUT2D eigenvalue weighted by Gasteiger charge is 2.50. The molecule has 3 fully saturated rings. The van der Waals surface area contributed by atoms with Crippen LogP contribution < -0.4 is 11.3 Å². The quantitative estimate of drug-likeness (QED) is 0.187. The monoisotopic (exact) mass is 728 g/mol. The third kappa shape index (κ3) is 5.52. The summed E-state index contributed by atoms with van der Waals surface area (Å²) in [6.45, 7) is -8.00. The van der Waals surface area contributed by atoms with Gasteiger partial charge in [-0.2, -0.15) is 0 Å². The normalized spacial score (nSPS) is 35.4. The maximum absolute atomic E-state index is 16.0. The van der Waals surface area contributed by atoms with Crippen molar-refractivity contribution in [2.75, 3.05) is 31.9 Å².